The van der Waals surface area contributed by atoms with Gasteiger partial charge < -0.3 is 0 Å². The SMILES string of the molecule is CCC1CCC2CCC(SC)CC2C1. The molecular weight excluding hydrogens is 188 g/mol. The van der Waals surface area contributed by atoms with Crippen molar-refractivity contribution in [3.8, 4) is 0 Å². The molecule has 0 spiro atoms. The summed E-state index contributed by atoms with van der Waals surface area (Å²) in [6.07, 6.45) is 12.9. The second-order valence-electron chi connectivity index (χ2n) is 5.28. The molecule has 0 bridgehead atoms. The first-order chi connectivity index (χ1) is 6.83. The van der Waals surface area contributed by atoms with Crippen LogP contribution >= 0.6 is 11.8 Å². The van der Waals surface area contributed by atoms with Gasteiger partial charge in [0, 0.05) is 5.25 Å². The van der Waals surface area contributed by atoms with Crippen LogP contribution in [-0.2, 0) is 0 Å². The number of hydrogen-bond acceptors (Lipinski definition) is 1. The van der Waals surface area contributed by atoms with Gasteiger partial charge in [-0.3, -0.25) is 0 Å². The van der Waals surface area contributed by atoms with Crippen LogP contribution in [0, 0.1) is 17.8 Å². The maximum Gasteiger partial charge on any atom is 0.00471 e. The standard InChI is InChI=1S/C13H24S/c1-3-10-4-5-11-6-7-13(14-2)9-12(11)8-10/h10-13H,3-9H2,1-2H3. The van der Waals surface area contributed by atoms with Crippen LogP contribution in [0.3, 0.4) is 0 Å². The van der Waals surface area contributed by atoms with Crippen molar-refractivity contribution in [3.05, 3.63) is 0 Å². The number of fused-ring (bicyclic) bond motifs is 1. The maximum absolute atomic E-state index is 2.37. The molecule has 0 aromatic heterocycles. The predicted molar refractivity (Wildman–Crippen MR) is 65.8 cm³/mol. The van der Waals surface area contributed by atoms with Gasteiger partial charge in [0.15, 0.2) is 0 Å². The van der Waals surface area contributed by atoms with Gasteiger partial charge in [-0.15, -0.1) is 0 Å². The lowest BCUT2D eigenvalue weighted by Gasteiger charge is -2.41. The first-order valence-electron chi connectivity index (χ1n) is 6.36. The largest absolute Gasteiger partial charge is 0.162 e. The lowest BCUT2D eigenvalue weighted by Crippen LogP contribution is -2.31. The average Bonchev–Trinajstić information content (AvgIpc) is 2.27. The van der Waals surface area contributed by atoms with E-state index in [2.05, 4.69) is 24.9 Å². The fourth-order valence-electron chi connectivity index (χ4n) is 3.53. The molecule has 2 aliphatic rings. The molecule has 0 nitrogen and oxygen atoms in total. The van der Waals surface area contributed by atoms with Crippen molar-refractivity contribution < 1.29 is 0 Å². The third kappa shape index (κ3) is 2.29. The number of thioether (sulfide) groups is 1. The zero-order chi connectivity index (χ0) is 9.97. The van der Waals surface area contributed by atoms with Gasteiger partial charge >= 0.3 is 0 Å². The molecule has 0 heterocycles. The van der Waals surface area contributed by atoms with Crippen molar-refractivity contribution >= 4 is 11.8 Å². The van der Waals surface area contributed by atoms with Gasteiger partial charge in [0.25, 0.3) is 0 Å². The van der Waals surface area contributed by atoms with Crippen LogP contribution in [0.5, 0.6) is 0 Å². The van der Waals surface area contributed by atoms with Gasteiger partial charge in [0.2, 0.25) is 0 Å². The second kappa shape index (κ2) is 4.92. The van der Waals surface area contributed by atoms with E-state index >= 15 is 0 Å². The molecule has 82 valence electrons. The Morgan fingerprint density at radius 2 is 1.79 bits per heavy atom. The van der Waals surface area contributed by atoms with E-state index in [0.717, 1.165) is 23.0 Å². The Kier molecular flexibility index (Phi) is 3.81. The van der Waals surface area contributed by atoms with Crippen LogP contribution in [0.1, 0.15) is 51.9 Å². The minimum Gasteiger partial charge on any atom is -0.162 e. The number of rotatable bonds is 2. The average molecular weight is 212 g/mol. The van der Waals surface area contributed by atoms with E-state index in [4.69, 9.17) is 0 Å². The van der Waals surface area contributed by atoms with Crippen LogP contribution in [0.2, 0.25) is 0 Å². The quantitative estimate of drug-likeness (QED) is 0.656. The summed E-state index contributed by atoms with van der Waals surface area (Å²) in [6.45, 7) is 2.37. The number of hydrogen-bond donors (Lipinski definition) is 0. The highest BCUT2D eigenvalue weighted by molar-refractivity contribution is 7.99. The summed E-state index contributed by atoms with van der Waals surface area (Å²) in [5.74, 6) is 3.28. The molecule has 0 aromatic carbocycles. The third-order valence-electron chi connectivity index (χ3n) is 4.58. The van der Waals surface area contributed by atoms with Crippen molar-refractivity contribution in [1.82, 2.24) is 0 Å². The Labute approximate surface area is 93.2 Å². The molecular formula is C13H24S. The molecule has 0 radical (unpaired) electrons. The Morgan fingerprint density at radius 1 is 1.00 bits per heavy atom. The molecule has 2 rings (SSSR count). The zero-order valence-electron chi connectivity index (χ0n) is 9.67. The van der Waals surface area contributed by atoms with Gasteiger partial charge in [-0.1, -0.05) is 19.8 Å². The first-order valence-corrected chi connectivity index (χ1v) is 7.65. The monoisotopic (exact) mass is 212 g/mol. The van der Waals surface area contributed by atoms with E-state index < -0.39 is 0 Å². The summed E-state index contributed by atoms with van der Waals surface area (Å²) in [7, 11) is 0. The van der Waals surface area contributed by atoms with Gasteiger partial charge in [-0.25, -0.2) is 0 Å². The molecule has 2 aliphatic carbocycles. The molecule has 1 heteroatoms. The summed E-state index contributed by atoms with van der Waals surface area (Å²) in [5.41, 5.74) is 0. The Morgan fingerprint density at radius 3 is 2.50 bits per heavy atom. The van der Waals surface area contributed by atoms with E-state index in [1.54, 1.807) is 12.8 Å². The van der Waals surface area contributed by atoms with Crippen molar-refractivity contribution in [1.29, 1.82) is 0 Å². The molecule has 4 atom stereocenters. The molecule has 0 N–H and O–H groups in total. The highest BCUT2D eigenvalue weighted by atomic mass is 32.2. The molecule has 0 aromatic rings. The summed E-state index contributed by atoms with van der Waals surface area (Å²) in [5, 5.41) is 0.992. The highest BCUT2D eigenvalue weighted by Crippen LogP contribution is 2.45. The minimum absolute atomic E-state index is 0.992. The van der Waals surface area contributed by atoms with Gasteiger partial charge in [0.1, 0.15) is 0 Å². The van der Waals surface area contributed by atoms with E-state index in [1.807, 2.05) is 0 Å². The Balaban J connectivity index is 1.90. The van der Waals surface area contributed by atoms with E-state index in [1.165, 1.54) is 32.1 Å². The van der Waals surface area contributed by atoms with Crippen LogP contribution in [0.4, 0.5) is 0 Å². The fraction of sp³-hybridized carbons (Fsp3) is 1.00. The third-order valence-corrected chi connectivity index (χ3v) is 5.68. The molecule has 2 saturated carbocycles. The Bertz CT molecular complexity index is 160. The normalized spacial score (nSPS) is 43.3. The lowest BCUT2D eigenvalue weighted by molar-refractivity contribution is 0.131. The van der Waals surface area contributed by atoms with Gasteiger partial charge in [0.05, 0.1) is 0 Å². The summed E-state index contributed by atoms with van der Waals surface area (Å²) >= 11 is 2.11. The minimum atomic E-state index is 0.992. The van der Waals surface area contributed by atoms with Gasteiger partial charge in [-0.05, 0) is 56.1 Å². The van der Waals surface area contributed by atoms with Crippen molar-refractivity contribution in [2.45, 2.75) is 57.1 Å². The van der Waals surface area contributed by atoms with E-state index in [0.29, 0.717) is 0 Å². The van der Waals surface area contributed by atoms with Gasteiger partial charge in [-0.2, -0.15) is 11.8 Å². The second-order valence-corrected chi connectivity index (χ2v) is 6.42. The molecule has 14 heavy (non-hydrogen) atoms. The molecule has 4 unspecified atom stereocenters. The highest BCUT2D eigenvalue weighted by Gasteiger charge is 2.34. The first kappa shape index (κ1) is 10.9. The van der Waals surface area contributed by atoms with E-state index in [-0.39, 0.29) is 0 Å². The maximum atomic E-state index is 2.37. The van der Waals surface area contributed by atoms with Crippen molar-refractivity contribution in [3.63, 3.8) is 0 Å². The molecule has 0 amide bonds. The predicted octanol–water partition coefficient (Wildman–Crippen LogP) is 4.34. The lowest BCUT2D eigenvalue weighted by atomic mass is 9.67. The summed E-state index contributed by atoms with van der Waals surface area (Å²) in [6, 6.07) is 0. The molecule has 2 fully saturated rings. The smallest absolute Gasteiger partial charge is 0.00471 e. The van der Waals surface area contributed by atoms with Crippen LogP contribution in [0.25, 0.3) is 0 Å². The summed E-state index contributed by atoms with van der Waals surface area (Å²) < 4.78 is 0. The summed E-state index contributed by atoms with van der Waals surface area (Å²) in [4.78, 5) is 0. The van der Waals surface area contributed by atoms with Crippen LogP contribution < -0.4 is 0 Å². The van der Waals surface area contributed by atoms with Crippen LogP contribution in [-0.4, -0.2) is 11.5 Å². The van der Waals surface area contributed by atoms with E-state index in [9.17, 15) is 0 Å². The fourth-order valence-corrected chi connectivity index (χ4v) is 4.34. The van der Waals surface area contributed by atoms with Crippen molar-refractivity contribution in [2.75, 3.05) is 6.26 Å². The Hall–Kier alpha value is 0.350. The van der Waals surface area contributed by atoms with Crippen molar-refractivity contribution in [2.24, 2.45) is 17.8 Å². The molecule has 0 aliphatic heterocycles. The zero-order valence-corrected chi connectivity index (χ0v) is 10.5. The topological polar surface area (TPSA) is 0 Å². The molecule has 0 saturated heterocycles. The van der Waals surface area contributed by atoms with Crippen LogP contribution in [0.15, 0.2) is 0 Å².